The van der Waals surface area contributed by atoms with E-state index in [0.717, 1.165) is 11.7 Å². The highest BCUT2D eigenvalue weighted by molar-refractivity contribution is 7.98. The van der Waals surface area contributed by atoms with Crippen LogP contribution in [0.3, 0.4) is 0 Å². The minimum Gasteiger partial charge on any atom is -0.121 e. The maximum Gasteiger partial charge on any atom is 0.0235 e. The first-order valence-electron chi connectivity index (χ1n) is 9.55. The molecule has 0 spiro atoms. The van der Waals surface area contributed by atoms with Crippen LogP contribution in [0, 0.1) is 12.8 Å². The number of benzene rings is 2. The summed E-state index contributed by atoms with van der Waals surface area (Å²) in [7, 11) is 0. The molecule has 0 fully saturated rings. The van der Waals surface area contributed by atoms with Gasteiger partial charge in [0, 0.05) is 16.6 Å². The lowest BCUT2D eigenvalue weighted by molar-refractivity contribution is 0.384. The van der Waals surface area contributed by atoms with E-state index in [1.165, 1.54) is 42.6 Å². The quantitative estimate of drug-likeness (QED) is 0.531. The average Bonchev–Trinajstić information content (AvgIpc) is 2.75. The molecule has 0 bridgehead atoms. The van der Waals surface area contributed by atoms with Gasteiger partial charge < -0.3 is 0 Å². The van der Waals surface area contributed by atoms with Gasteiger partial charge in [0.25, 0.3) is 0 Å². The first-order valence-corrected chi connectivity index (χ1v) is 10.5. The lowest BCUT2D eigenvalue weighted by Gasteiger charge is -2.29. The Labute approximate surface area is 152 Å². The highest BCUT2D eigenvalue weighted by Gasteiger charge is 2.29. The second-order valence-electron chi connectivity index (χ2n) is 7.20. The smallest absolute Gasteiger partial charge is 0.0235 e. The van der Waals surface area contributed by atoms with Crippen LogP contribution in [0.25, 0.3) is 0 Å². The Bertz CT molecular complexity index is 673. The lowest BCUT2D eigenvalue weighted by Crippen LogP contribution is -2.16. The van der Waals surface area contributed by atoms with Crippen molar-refractivity contribution in [1.82, 2.24) is 0 Å². The topological polar surface area (TPSA) is 0 Å². The van der Waals surface area contributed by atoms with E-state index in [0.29, 0.717) is 5.92 Å². The van der Waals surface area contributed by atoms with Crippen molar-refractivity contribution in [3.8, 4) is 0 Å². The van der Waals surface area contributed by atoms with Gasteiger partial charge in [-0.2, -0.15) is 0 Å². The van der Waals surface area contributed by atoms with Crippen molar-refractivity contribution in [3.63, 3.8) is 0 Å². The molecule has 128 valence electrons. The second kappa shape index (κ2) is 8.25. The molecule has 0 saturated carbocycles. The minimum atomic E-state index is 0.568. The highest BCUT2D eigenvalue weighted by Crippen LogP contribution is 2.46. The summed E-state index contributed by atoms with van der Waals surface area (Å²) in [5.41, 5.74) is 6.10. The third-order valence-electron chi connectivity index (χ3n) is 5.33. The molecule has 3 rings (SSSR count). The molecule has 0 amide bonds. The SMILES string of the molecule is CCCC[C@@H](CCC)C1c2ccc(C)cc2CSc2ccccc21. The van der Waals surface area contributed by atoms with Crippen molar-refractivity contribution in [1.29, 1.82) is 0 Å². The molecule has 0 nitrogen and oxygen atoms in total. The molecule has 0 aromatic heterocycles. The Hall–Kier alpha value is -1.21. The fourth-order valence-electron chi connectivity index (χ4n) is 4.18. The molecule has 24 heavy (non-hydrogen) atoms. The van der Waals surface area contributed by atoms with Crippen LogP contribution in [0.5, 0.6) is 0 Å². The van der Waals surface area contributed by atoms with E-state index in [1.54, 1.807) is 16.7 Å². The van der Waals surface area contributed by atoms with E-state index in [-0.39, 0.29) is 0 Å². The van der Waals surface area contributed by atoms with Gasteiger partial charge in [0.15, 0.2) is 0 Å². The van der Waals surface area contributed by atoms with E-state index in [2.05, 4.69) is 63.2 Å². The lowest BCUT2D eigenvalue weighted by atomic mass is 9.75. The van der Waals surface area contributed by atoms with Crippen molar-refractivity contribution < 1.29 is 0 Å². The summed E-state index contributed by atoms with van der Waals surface area (Å²) in [4.78, 5) is 1.49. The van der Waals surface area contributed by atoms with E-state index in [4.69, 9.17) is 0 Å². The number of hydrogen-bond acceptors (Lipinski definition) is 1. The molecule has 2 atom stereocenters. The van der Waals surface area contributed by atoms with Crippen molar-refractivity contribution in [2.75, 3.05) is 0 Å². The Morgan fingerprint density at radius 1 is 1.00 bits per heavy atom. The summed E-state index contributed by atoms with van der Waals surface area (Å²) < 4.78 is 0. The first kappa shape index (κ1) is 17.6. The van der Waals surface area contributed by atoms with Crippen LogP contribution in [0.2, 0.25) is 0 Å². The van der Waals surface area contributed by atoms with Crippen LogP contribution in [0.1, 0.15) is 74.1 Å². The maximum absolute atomic E-state index is 2.42. The van der Waals surface area contributed by atoms with Crippen molar-refractivity contribution in [3.05, 3.63) is 64.7 Å². The van der Waals surface area contributed by atoms with Crippen LogP contribution in [0.15, 0.2) is 47.4 Å². The third kappa shape index (κ3) is 3.72. The number of unbranched alkanes of at least 4 members (excludes halogenated alkanes) is 1. The monoisotopic (exact) mass is 338 g/mol. The summed E-state index contributed by atoms with van der Waals surface area (Å²) >= 11 is 2.02. The Balaban J connectivity index is 2.10. The van der Waals surface area contributed by atoms with E-state index in [1.807, 2.05) is 11.8 Å². The molecule has 1 aliphatic rings. The molecular weight excluding hydrogens is 308 g/mol. The Kier molecular flexibility index (Phi) is 6.05. The largest absolute Gasteiger partial charge is 0.121 e. The highest BCUT2D eigenvalue weighted by atomic mass is 32.2. The van der Waals surface area contributed by atoms with Gasteiger partial charge in [-0.05, 0) is 48.4 Å². The Morgan fingerprint density at radius 3 is 2.62 bits per heavy atom. The molecular formula is C23H30S. The summed E-state index contributed by atoms with van der Waals surface area (Å²) in [5.74, 6) is 2.44. The van der Waals surface area contributed by atoms with Crippen LogP contribution in [-0.2, 0) is 5.75 Å². The third-order valence-corrected chi connectivity index (χ3v) is 6.47. The molecule has 1 heterocycles. The first-order chi connectivity index (χ1) is 11.7. The van der Waals surface area contributed by atoms with E-state index >= 15 is 0 Å². The zero-order valence-corrected chi connectivity index (χ0v) is 16.2. The molecule has 1 aliphatic heterocycles. The van der Waals surface area contributed by atoms with Crippen LogP contribution in [0.4, 0.5) is 0 Å². The van der Waals surface area contributed by atoms with Gasteiger partial charge in [0.1, 0.15) is 0 Å². The standard InChI is InChI=1S/C23H30S/c1-4-6-10-18(9-5-2)23-20-14-13-17(3)15-19(20)16-24-22-12-8-7-11-21(22)23/h7-8,11-15,18,23H,4-6,9-10,16H2,1-3H3/t18-,23?/m1/s1. The fourth-order valence-corrected chi connectivity index (χ4v) is 5.27. The van der Waals surface area contributed by atoms with Crippen molar-refractivity contribution >= 4 is 11.8 Å². The number of thioether (sulfide) groups is 1. The van der Waals surface area contributed by atoms with Gasteiger partial charge >= 0.3 is 0 Å². The van der Waals surface area contributed by atoms with Crippen LogP contribution >= 0.6 is 11.8 Å². The fraction of sp³-hybridized carbons (Fsp3) is 0.478. The number of aryl methyl sites for hydroxylation is 1. The van der Waals surface area contributed by atoms with Crippen molar-refractivity contribution in [2.24, 2.45) is 5.92 Å². The maximum atomic E-state index is 2.42. The summed E-state index contributed by atoms with van der Waals surface area (Å²) in [6.07, 6.45) is 6.60. The zero-order chi connectivity index (χ0) is 16.9. The second-order valence-corrected chi connectivity index (χ2v) is 8.21. The van der Waals surface area contributed by atoms with Gasteiger partial charge in [-0.1, -0.05) is 75.1 Å². The van der Waals surface area contributed by atoms with Gasteiger partial charge in [-0.25, -0.2) is 0 Å². The van der Waals surface area contributed by atoms with Gasteiger partial charge in [0.05, 0.1) is 0 Å². The molecule has 0 radical (unpaired) electrons. The Morgan fingerprint density at radius 2 is 1.83 bits per heavy atom. The van der Waals surface area contributed by atoms with Crippen LogP contribution < -0.4 is 0 Å². The zero-order valence-electron chi connectivity index (χ0n) is 15.3. The average molecular weight is 339 g/mol. The molecule has 0 saturated heterocycles. The number of rotatable bonds is 6. The minimum absolute atomic E-state index is 0.568. The van der Waals surface area contributed by atoms with Gasteiger partial charge in [0.2, 0.25) is 0 Å². The predicted octanol–water partition coefficient (Wildman–Crippen LogP) is 7.34. The number of fused-ring (bicyclic) bond motifs is 2. The summed E-state index contributed by atoms with van der Waals surface area (Å²) in [6, 6.07) is 16.3. The molecule has 2 aromatic rings. The van der Waals surface area contributed by atoms with Gasteiger partial charge in [-0.15, -0.1) is 11.8 Å². The van der Waals surface area contributed by atoms with E-state index < -0.39 is 0 Å². The molecule has 0 aliphatic carbocycles. The number of hydrogen-bond donors (Lipinski definition) is 0. The molecule has 1 unspecified atom stereocenters. The normalized spacial score (nSPS) is 17.7. The van der Waals surface area contributed by atoms with Crippen LogP contribution in [-0.4, -0.2) is 0 Å². The summed E-state index contributed by atoms with van der Waals surface area (Å²) in [5, 5.41) is 0. The predicted molar refractivity (Wildman–Crippen MR) is 107 cm³/mol. The van der Waals surface area contributed by atoms with Gasteiger partial charge in [-0.3, -0.25) is 0 Å². The molecule has 0 N–H and O–H groups in total. The molecule has 2 aromatic carbocycles. The summed E-state index contributed by atoms with van der Waals surface area (Å²) in [6.45, 7) is 6.88. The van der Waals surface area contributed by atoms with Crippen molar-refractivity contribution in [2.45, 2.75) is 69.4 Å². The molecule has 1 heteroatoms. The van der Waals surface area contributed by atoms with E-state index in [9.17, 15) is 0 Å².